The third-order valence-corrected chi connectivity index (χ3v) is 7.74. The summed E-state index contributed by atoms with van der Waals surface area (Å²) in [6.45, 7) is 8.48. The highest BCUT2D eigenvalue weighted by Gasteiger charge is 2.40. The van der Waals surface area contributed by atoms with E-state index in [9.17, 15) is 5.11 Å². The Kier molecular flexibility index (Phi) is 10.7. The predicted octanol–water partition coefficient (Wildman–Crippen LogP) is 7.67. The van der Waals surface area contributed by atoms with E-state index in [1.165, 1.54) is 38.5 Å². The summed E-state index contributed by atoms with van der Waals surface area (Å²) in [5, 5.41) is 11.6. The van der Waals surface area contributed by atoms with Crippen molar-refractivity contribution in [1.29, 1.82) is 0 Å². The standard InChI is InChI=1S/C26H42O3.C2H6/c1-5-7-19-9-11-20(12-10-19)21-15-17-26(27,18-16-21)23-14-13-22(8-6-2)24(28-3)25(23)29-4;1-2/h13-14,19-21,27H,5-12,15-18H2,1-4H3;1-2H3. The van der Waals surface area contributed by atoms with Crippen molar-refractivity contribution in [2.45, 2.75) is 110 Å². The molecule has 1 N–H and O–H groups in total. The zero-order chi connectivity index (χ0) is 22.9. The van der Waals surface area contributed by atoms with Gasteiger partial charge in [-0.15, -0.1) is 0 Å². The summed E-state index contributed by atoms with van der Waals surface area (Å²) in [4.78, 5) is 0. The van der Waals surface area contributed by atoms with Crippen molar-refractivity contribution >= 4 is 0 Å². The molecule has 0 aromatic heterocycles. The van der Waals surface area contributed by atoms with Crippen LogP contribution < -0.4 is 9.47 Å². The molecule has 178 valence electrons. The van der Waals surface area contributed by atoms with E-state index in [4.69, 9.17) is 9.47 Å². The van der Waals surface area contributed by atoms with E-state index < -0.39 is 5.60 Å². The average molecular weight is 433 g/mol. The molecule has 2 fully saturated rings. The molecule has 0 radical (unpaired) electrons. The van der Waals surface area contributed by atoms with Gasteiger partial charge in [-0.2, -0.15) is 0 Å². The second-order valence-electron chi connectivity index (χ2n) is 9.53. The molecule has 0 bridgehead atoms. The van der Waals surface area contributed by atoms with E-state index in [-0.39, 0.29) is 0 Å². The van der Waals surface area contributed by atoms with Crippen LogP contribution in [0.15, 0.2) is 12.1 Å². The number of methoxy groups -OCH3 is 2. The number of hydrogen-bond acceptors (Lipinski definition) is 3. The largest absolute Gasteiger partial charge is 0.493 e. The smallest absolute Gasteiger partial charge is 0.167 e. The molecule has 0 atom stereocenters. The Morgan fingerprint density at radius 1 is 0.839 bits per heavy atom. The lowest BCUT2D eigenvalue weighted by Gasteiger charge is -2.42. The Bertz CT molecular complexity index is 638. The number of aliphatic hydroxyl groups is 1. The van der Waals surface area contributed by atoms with Crippen molar-refractivity contribution in [3.05, 3.63) is 23.3 Å². The quantitative estimate of drug-likeness (QED) is 0.458. The van der Waals surface area contributed by atoms with E-state index in [1.807, 2.05) is 13.8 Å². The molecule has 0 unspecified atom stereocenters. The minimum absolute atomic E-state index is 0.736. The van der Waals surface area contributed by atoms with Crippen LogP contribution in [-0.2, 0) is 12.0 Å². The van der Waals surface area contributed by atoms with Crippen LogP contribution in [0.5, 0.6) is 11.5 Å². The van der Waals surface area contributed by atoms with E-state index in [2.05, 4.69) is 26.0 Å². The van der Waals surface area contributed by atoms with Gasteiger partial charge in [-0.25, -0.2) is 0 Å². The van der Waals surface area contributed by atoms with Crippen LogP contribution in [0.2, 0.25) is 0 Å². The van der Waals surface area contributed by atoms with Crippen molar-refractivity contribution < 1.29 is 14.6 Å². The van der Waals surface area contributed by atoms with Gasteiger partial charge in [-0.05, 0) is 68.3 Å². The summed E-state index contributed by atoms with van der Waals surface area (Å²) in [6, 6.07) is 4.21. The van der Waals surface area contributed by atoms with Crippen molar-refractivity contribution in [3.8, 4) is 11.5 Å². The Morgan fingerprint density at radius 3 is 1.94 bits per heavy atom. The fourth-order valence-corrected chi connectivity index (χ4v) is 6.08. The first-order valence-corrected chi connectivity index (χ1v) is 13.0. The number of hydrogen-bond donors (Lipinski definition) is 1. The minimum Gasteiger partial charge on any atom is -0.493 e. The van der Waals surface area contributed by atoms with Crippen LogP contribution in [0.1, 0.15) is 109 Å². The van der Waals surface area contributed by atoms with Crippen molar-refractivity contribution in [2.75, 3.05) is 14.2 Å². The summed E-state index contributed by atoms with van der Waals surface area (Å²) >= 11 is 0. The maximum absolute atomic E-state index is 11.6. The van der Waals surface area contributed by atoms with Gasteiger partial charge in [0.1, 0.15) is 0 Å². The molecule has 2 aliphatic carbocycles. The normalized spacial score (nSPS) is 28.4. The highest BCUT2D eigenvalue weighted by atomic mass is 16.5. The van der Waals surface area contributed by atoms with Crippen LogP contribution in [0, 0.1) is 17.8 Å². The van der Waals surface area contributed by atoms with Gasteiger partial charge in [0, 0.05) is 5.56 Å². The lowest BCUT2D eigenvalue weighted by atomic mass is 9.66. The van der Waals surface area contributed by atoms with Gasteiger partial charge in [-0.1, -0.05) is 71.9 Å². The van der Waals surface area contributed by atoms with Gasteiger partial charge in [0.25, 0.3) is 0 Å². The molecule has 31 heavy (non-hydrogen) atoms. The summed E-state index contributed by atoms with van der Waals surface area (Å²) < 4.78 is 11.5. The van der Waals surface area contributed by atoms with Crippen LogP contribution in [0.25, 0.3) is 0 Å². The molecular formula is C28H48O3. The summed E-state index contributed by atoms with van der Waals surface area (Å²) in [5.74, 6) is 4.16. The fourth-order valence-electron chi connectivity index (χ4n) is 6.08. The van der Waals surface area contributed by atoms with Gasteiger partial charge in [0.2, 0.25) is 0 Å². The molecule has 0 amide bonds. The molecule has 3 heteroatoms. The summed E-state index contributed by atoms with van der Waals surface area (Å²) in [7, 11) is 3.40. The number of benzene rings is 1. The summed E-state index contributed by atoms with van der Waals surface area (Å²) in [6.07, 6.45) is 14.3. The van der Waals surface area contributed by atoms with Crippen LogP contribution in [0.3, 0.4) is 0 Å². The van der Waals surface area contributed by atoms with Crippen molar-refractivity contribution in [3.63, 3.8) is 0 Å². The molecule has 0 aliphatic heterocycles. The Hall–Kier alpha value is -1.22. The molecule has 2 saturated carbocycles. The lowest BCUT2D eigenvalue weighted by molar-refractivity contribution is -0.0278. The topological polar surface area (TPSA) is 38.7 Å². The number of ether oxygens (including phenoxy) is 2. The Balaban J connectivity index is 0.00000166. The van der Waals surface area contributed by atoms with Crippen LogP contribution in [-0.4, -0.2) is 19.3 Å². The van der Waals surface area contributed by atoms with Gasteiger partial charge in [0.15, 0.2) is 11.5 Å². The maximum atomic E-state index is 11.6. The van der Waals surface area contributed by atoms with Crippen molar-refractivity contribution in [1.82, 2.24) is 0 Å². The van der Waals surface area contributed by atoms with E-state index in [0.717, 1.165) is 78.9 Å². The van der Waals surface area contributed by atoms with E-state index in [1.54, 1.807) is 14.2 Å². The first kappa shape index (κ1) is 26.0. The van der Waals surface area contributed by atoms with E-state index >= 15 is 0 Å². The number of rotatable bonds is 8. The number of aryl methyl sites for hydroxylation is 1. The molecule has 0 saturated heterocycles. The molecule has 3 nitrogen and oxygen atoms in total. The van der Waals surface area contributed by atoms with Gasteiger partial charge in [-0.3, -0.25) is 0 Å². The second-order valence-corrected chi connectivity index (χ2v) is 9.53. The third-order valence-electron chi connectivity index (χ3n) is 7.74. The maximum Gasteiger partial charge on any atom is 0.167 e. The average Bonchev–Trinajstić information content (AvgIpc) is 2.81. The molecule has 0 heterocycles. The monoisotopic (exact) mass is 432 g/mol. The van der Waals surface area contributed by atoms with Crippen molar-refractivity contribution in [2.24, 2.45) is 17.8 Å². The minimum atomic E-state index is -0.792. The SMILES string of the molecule is CC.CCCc1ccc(C2(O)CCC(C3CCC(CCC)CC3)CC2)c(OC)c1OC. The first-order valence-electron chi connectivity index (χ1n) is 13.0. The first-order chi connectivity index (χ1) is 15.1. The zero-order valence-electron chi connectivity index (χ0n) is 21.1. The molecule has 3 rings (SSSR count). The molecular weight excluding hydrogens is 384 g/mol. The highest BCUT2D eigenvalue weighted by molar-refractivity contribution is 5.54. The highest BCUT2D eigenvalue weighted by Crippen LogP contribution is 2.50. The Morgan fingerprint density at radius 2 is 1.42 bits per heavy atom. The second kappa shape index (κ2) is 12.7. The molecule has 1 aromatic carbocycles. The zero-order valence-corrected chi connectivity index (χ0v) is 21.1. The predicted molar refractivity (Wildman–Crippen MR) is 131 cm³/mol. The third kappa shape index (κ3) is 6.18. The molecule has 1 aromatic rings. The fraction of sp³-hybridized carbons (Fsp3) is 0.786. The summed E-state index contributed by atoms with van der Waals surface area (Å²) in [5.41, 5.74) is 1.29. The van der Waals surface area contributed by atoms with Gasteiger partial charge >= 0.3 is 0 Å². The van der Waals surface area contributed by atoms with Crippen LogP contribution >= 0.6 is 0 Å². The Labute approximate surface area is 191 Å². The molecule has 0 spiro atoms. The lowest BCUT2D eigenvalue weighted by Crippen LogP contribution is -2.35. The van der Waals surface area contributed by atoms with Gasteiger partial charge in [0.05, 0.1) is 19.8 Å². The van der Waals surface area contributed by atoms with E-state index in [0.29, 0.717) is 0 Å². The molecule has 2 aliphatic rings. The van der Waals surface area contributed by atoms with Crippen LogP contribution in [0.4, 0.5) is 0 Å². The van der Waals surface area contributed by atoms with Gasteiger partial charge < -0.3 is 14.6 Å².